The molecule has 1 aromatic heterocycles. The van der Waals surface area contributed by atoms with E-state index in [4.69, 9.17) is 0 Å². The molecule has 2 bridgehead atoms. The maximum atomic E-state index is 14.3. The molecule has 2 aliphatic rings. The zero-order valence-electron chi connectivity index (χ0n) is 17.0. The summed E-state index contributed by atoms with van der Waals surface area (Å²) in [6, 6.07) is 5.47. The van der Waals surface area contributed by atoms with Crippen molar-refractivity contribution in [3.05, 3.63) is 47.2 Å². The van der Waals surface area contributed by atoms with Gasteiger partial charge in [0.1, 0.15) is 11.6 Å². The highest BCUT2D eigenvalue weighted by Crippen LogP contribution is 2.67. The molecule has 2 atom stereocenters. The predicted octanol–water partition coefficient (Wildman–Crippen LogP) is 3.86. The molecule has 2 aliphatic carbocycles. The maximum Gasteiger partial charge on any atom is 0.211 e. The second-order valence-corrected chi connectivity index (χ2v) is 10.7. The average Bonchev–Trinajstić information content (AvgIpc) is 2.99. The Balaban J connectivity index is 1.85. The number of benzene rings is 1. The van der Waals surface area contributed by atoms with Gasteiger partial charge in [-0.25, -0.2) is 21.5 Å². The normalized spacial score (nSPS) is 24.9. The zero-order valence-corrected chi connectivity index (χ0v) is 17.9. The molecule has 0 aliphatic heterocycles. The number of hydrogen-bond donors (Lipinski definition) is 0. The molecule has 1 aromatic carbocycles. The molecule has 1 saturated carbocycles. The van der Waals surface area contributed by atoms with Crippen LogP contribution >= 0.6 is 0 Å². The number of sulfonamides is 1. The lowest BCUT2D eigenvalue weighted by molar-refractivity contribution is 0.169. The van der Waals surface area contributed by atoms with Crippen LogP contribution in [0.2, 0.25) is 0 Å². The first-order valence-electron chi connectivity index (χ1n) is 9.80. The van der Waals surface area contributed by atoms with Gasteiger partial charge >= 0.3 is 0 Å². The molecule has 2 aromatic rings. The molecular weight excluding hydrogens is 396 g/mol. The van der Waals surface area contributed by atoms with Crippen LogP contribution in [0.25, 0.3) is 11.3 Å². The number of halogens is 2. The Morgan fingerprint density at radius 1 is 1.21 bits per heavy atom. The highest BCUT2D eigenvalue weighted by atomic mass is 32.2. The van der Waals surface area contributed by atoms with Gasteiger partial charge in [0.2, 0.25) is 10.0 Å². The van der Waals surface area contributed by atoms with Crippen LogP contribution < -0.4 is 0 Å². The van der Waals surface area contributed by atoms with Crippen molar-refractivity contribution in [2.24, 2.45) is 5.41 Å². The summed E-state index contributed by atoms with van der Waals surface area (Å²) in [7, 11) is -3.36. The molecule has 0 saturated heterocycles. The van der Waals surface area contributed by atoms with Crippen molar-refractivity contribution in [1.82, 2.24) is 14.5 Å². The Labute approximate surface area is 170 Å². The predicted molar refractivity (Wildman–Crippen MR) is 107 cm³/mol. The van der Waals surface area contributed by atoms with E-state index in [2.05, 4.69) is 24.0 Å². The lowest BCUT2D eigenvalue weighted by Crippen LogP contribution is -2.48. The standard InChI is InChI=1S/C21H25F2N3O2S/c1-5-26(29(4,27)28)12-21-10-9-14(20(21,2)3)13-11-17(24-25-19(13)21)18-15(22)7-6-8-16(18)23/h6-8,11,14H,5,9-10,12H2,1-4H3/t14-,21-/m0/s1. The first-order valence-corrected chi connectivity index (χ1v) is 11.7. The van der Waals surface area contributed by atoms with Gasteiger partial charge < -0.3 is 0 Å². The van der Waals surface area contributed by atoms with E-state index in [1.54, 1.807) is 6.07 Å². The van der Waals surface area contributed by atoms with E-state index in [-0.39, 0.29) is 22.6 Å². The van der Waals surface area contributed by atoms with Crippen molar-refractivity contribution < 1.29 is 17.2 Å². The second-order valence-electron chi connectivity index (χ2n) is 8.71. The highest BCUT2D eigenvalue weighted by Gasteiger charge is 2.64. The summed E-state index contributed by atoms with van der Waals surface area (Å²) in [6.07, 6.45) is 2.91. The minimum absolute atomic E-state index is 0.139. The molecule has 156 valence electrons. The minimum atomic E-state index is -3.36. The summed E-state index contributed by atoms with van der Waals surface area (Å²) in [5, 5.41) is 8.60. The van der Waals surface area contributed by atoms with Gasteiger partial charge in [-0.2, -0.15) is 10.2 Å². The van der Waals surface area contributed by atoms with E-state index in [1.807, 2.05) is 6.92 Å². The molecule has 0 amide bonds. The van der Waals surface area contributed by atoms with Crippen LogP contribution in [0.1, 0.15) is 50.8 Å². The van der Waals surface area contributed by atoms with Crippen molar-refractivity contribution in [3.8, 4) is 11.3 Å². The Kier molecular flexibility index (Phi) is 4.59. The van der Waals surface area contributed by atoms with E-state index in [1.165, 1.54) is 28.8 Å². The second kappa shape index (κ2) is 6.54. The summed E-state index contributed by atoms with van der Waals surface area (Å²) in [5.41, 5.74) is 0.983. The molecule has 5 nitrogen and oxygen atoms in total. The molecule has 29 heavy (non-hydrogen) atoms. The third-order valence-electron chi connectivity index (χ3n) is 7.10. The molecule has 1 heterocycles. The van der Waals surface area contributed by atoms with E-state index in [9.17, 15) is 17.2 Å². The first kappa shape index (κ1) is 20.3. The van der Waals surface area contributed by atoms with Crippen LogP contribution in [0.15, 0.2) is 24.3 Å². The Morgan fingerprint density at radius 3 is 2.45 bits per heavy atom. The number of fused-ring (bicyclic) bond motifs is 5. The number of aromatic nitrogens is 2. The van der Waals surface area contributed by atoms with Gasteiger partial charge in [0.05, 0.1) is 23.2 Å². The van der Waals surface area contributed by atoms with Crippen LogP contribution in [0.3, 0.4) is 0 Å². The van der Waals surface area contributed by atoms with Crippen molar-refractivity contribution in [2.45, 2.75) is 44.9 Å². The molecule has 0 radical (unpaired) electrons. The largest absolute Gasteiger partial charge is 0.213 e. The summed E-state index contributed by atoms with van der Waals surface area (Å²) >= 11 is 0. The molecule has 1 fully saturated rings. The number of likely N-dealkylation sites (N-methyl/N-ethyl adjacent to an activating group) is 1. The Hall–Kier alpha value is -1.93. The van der Waals surface area contributed by atoms with E-state index in [0.29, 0.717) is 13.1 Å². The summed E-state index contributed by atoms with van der Waals surface area (Å²) in [4.78, 5) is 0. The Bertz CT molecular complexity index is 1070. The summed E-state index contributed by atoms with van der Waals surface area (Å²) in [5.74, 6) is -1.21. The minimum Gasteiger partial charge on any atom is -0.213 e. The molecule has 0 unspecified atom stereocenters. The van der Waals surface area contributed by atoms with Gasteiger partial charge in [-0.3, -0.25) is 0 Å². The lowest BCUT2D eigenvalue weighted by Gasteiger charge is -2.40. The van der Waals surface area contributed by atoms with Gasteiger partial charge in [-0.05, 0) is 47.9 Å². The smallest absolute Gasteiger partial charge is 0.211 e. The molecule has 0 N–H and O–H groups in total. The number of rotatable bonds is 5. The molecule has 8 heteroatoms. The van der Waals surface area contributed by atoms with Crippen LogP contribution in [0, 0.1) is 17.0 Å². The zero-order chi connectivity index (χ0) is 21.2. The third kappa shape index (κ3) is 2.83. The van der Waals surface area contributed by atoms with Crippen LogP contribution in [0.5, 0.6) is 0 Å². The fourth-order valence-corrected chi connectivity index (χ4v) is 6.33. The fourth-order valence-electron chi connectivity index (χ4n) is 5.41. The van der Waals surface area contributed by atoms with E-state index in [0.717, 1.165) is 24.1 Å². The molecular formula is C21H25F2N3O2S. The SMILES string of the molecule is CCN(C[C@@]12CC[C@@H](c3cc(-c4c(F)cccc4F)nnc31)C2(C)C)S(C)(=O)=O. The van der Waals surface area contributed by atoms with Crippen LogP contribution in [0.4, 0.5) is 8.78 Å². The van der Waals surface area contributed by atoms with Crippen LogP contribution in [-0.4, -0.2) is 42.3 Å². The van der Waals surface area contributed by atoms with Gasteiger partial charge in [-0.15, -0.1) is 0 Å². The first-order chi connectivity index (χ1) is 13.5. The lowest BCUT2D eigenvalue weighted by atomic mass is 9.68. The van der Waals surface area contributed by atoms with Gasteiger partial charge in [0.15, 0.2) is 0 Å². The quantitative estimate of drug-likeness (QED) is 0.736. The fraction of sp³-hybridized carbons (Fsp3) is 0.524. The molecule has 4 rings (SSSR count). The maximum absolute atomic E-state index is 14.3. The number of hydrogen-bond acceptors (Lipinski definition) is 4. The topological polar surface area (TPSA) is 63.2 Å². The van der Waals surface area contributed by atoms with Crippen molar-refractivity contribution in [2.75, 3.05) is 19.3 Å². The Morgan fingerprint density at radius 2 is 1.86 bits per heavy atom. The van der Waals surface area contributed by atoms with Gasteiger partial charge in [0.25, 0.3) is 0 Å². The highest BCUT2D eigenvalue weighted by molar-refractivity contribution is 7.88. The van der Waals surface area contributed by atoms with E-state index < -0.39 is 27.1 Å². The van der Waals surface area contributed by atoms with Gasteiger partial charge in [0, 0.05) is 18.5 Å². The average molecular weight is 422 g/mol. The van der Waals surface area contributed by atoms with Gasteiger partial charge in [-0.1, -0.05) is 26.8 Å². The van der Waals surface area contributed by atoms with Crippen LogP contribution in [-0.2, 0) is 15.4 Å². The van der Waals surface area contributed by atoms with Crippen molar-refractivity contribution in [3.63, 3.8) is 0 Å². The molecule has 0 spiro atoms. The third-order valence-corrected chi connectivity index (χ3v) is 8.43. The monoisotopic (exact) mass is 421 g/mol. The summed E-state index contributed by atoms with van der Waals surface area (Å²) in [6.45, 7) is 6.80. The van der Waals surface area contributed by atoms with E-state index >= 15 is 0 Å². The van der Waals surface area contributed by atoms with Crippen molar-refractivity contribution in [1.29, 1.82) is 0 Å². The number of nitrogens with zero attached hydrogens (tertiary/aromatic N) is 3. The van der Waals surface area contributed by atoms with Crippen molar-refractivity contribution >= 4 is 10.0 Å². The summed E-state index contributed by atoms with van der Waals surface area (Å²) < 4.78 is 54.6.